The minimum absolute atomic E-state index is 0.0453. The number of ether oxygens (including phenoxy) is 1. The lowest BCUT2D eigenvalue weighted by atomic mass is 9.84. The Bertz CT molecular complexity index is 244. The number of carbonyl (C=O) groups excluding carboxylic acids is 1. The van der Waals surface area contributed by atoms with Crippen molar-refractivity contribution in [1.82, 2.24) is 5.32 Å². The second-order valence-corrected chi connectivity index (χ2v) is 6.61. The van der Waals surface area contributed by atoms with Crippen molar-refractivity contribution in [3.8, 4) is 0 Å². The van der Waals surface area contributed by atoms with Crippen LogP contribution in [0.3, 0.4) is 0 Å². The molecule has 2 atom stereocenters. The van der Waals surface area contributed by atoms with Crippen molar-refractivity contribution in [3.05, 3.63) is 0 Å². The number of amides is 1. The van der Waals surface area contributed by atoms with Crippen molar-refractivity contribution in [1.29, 1.82) is 0 Å². The summed E-state index contributed by atoms with van der Waals surface area (Å²) in [5.74, 6) is 0.203. The third-order valence-electron chi connectivity index (χ3n) is 3.29. The van der Waals surface area contributed by atoms with Gasteiger partial charge in [0.25, 0.3) is 0 Å². The molecule has 1 aliphatic heterocycles. The zero-order chi connectivity index (χ0) is 12.9. The molecule has 1 aliphatic rings. The average molecular weight is 306 g/mol. The molecule has 2 unspecified atom stereocenters. The molecule has 17 heavy (non-hydrogen) atoms. The Kier molecular flexibility index (Phi) is 5.93. The Labute approximate surface area is 113 Å². The van der Waals surface area contributed by atoms with Gasteiger partial charge in [-0.15, -0.1) is 0 Å². The SMILES string of the molecule is CC(C)(C)C(CCBr)NC(=O)C1CCCOC1. The summed E-state index contributed by atoms with van der Waals surface area (Å²) in [4.78, 5) is 12.1. The largest absolute Gasteiger partial charge is 0.381 e. The molecule has 0 aromatic carbocycles. The predicted octanol–water partition coefficient (Wildman–Crippen LogP) is 2.73. The summed E-state index contributed by atoms with van der Waals surface area (Å²) in [6.45, 7) is 7.87. The summed E-state index contributed by atoms with van der Waals surface area (Å²) in [7, 11) is 0. The highest BCUT2D eigenvalue weighted by Crippen LogP contribution is 2.23. The van der Waals surface area contributed by atoms with Gasteiger partial charge in [0.2, 0.25) is 5.91 Å². The second kappa shape index (κ2) is 6.74. The molecular weight excluding hydrogens is 282 g/mol. The summed E-state index contributed by atoms with van der Waals surface area (Å²) >= 11 is 3.45. The number of halogens is 1. The van der Waals surface area contributed by atoms with E-state index in [-0.39, 0.29) is 23.3 Å². The van der Waals surface area contributed by atoms with Gasteiger partial charge in [-0.3, -0.25) is 4.79 Å². The lowest BCUT2D eigenvalue weighted by molar-refractivity contribution is -0.130. The van der Waals surface area contributed by atoms with Crippen LogP contribution in [0.5, 0.6) is 0 Å². The summed E-state index contributed by atoms with van der Waals surface area (Å²) < 4.78 is 5.36. The molecule has 0 aromatic heterocycles. The zero-order valence-electron chi connectivity index (χ0n) is 11.1. The van der Waals surface area contributed by atoms with E-state index in [1.165, 1.54) is 0 Å². The Morgan fingerprint density at radius 2 is 2.24 bits per heavy atom. The van der Waals surface area contributed by atoms with E-state index in [1.54, 1.807) is 0 Å². The molecule has 0 saturated carbocycles. The first-order valence-corrected chi connectivity index (χ1v) is 7.51. The zero-order valence-corrected chi connectivity index (χ0v) is 12.7. The van der Waals surface area contributed by atoms with E-state index in [1.807, 2.05) is 0 Å². The highest BCUT2D eigenvalue weighted by molar-refractivity contribution is 9.09. The minimum Gasteiger partial charge on any atom is -0.381 e. The van der Waals surface area contributed by atoms with Gasteiger partial charge in [-0.2, -0.15) is 0 Å². The fraction of sp³-hybridized carbons (Fsp3) is 0.923. The van der Waals surface area contributed by atoms with Crippen LogP contribution in [0.4, 0.5) is 0 Å². The Morgan fingerprint density at radius 3 is 2.71 bits per heavy atom. The molecule has 1 heterocycles. The van der Waals surface area contributed by atoms with Crippen molar-refractivity contribution in [2.45, 2.75) is 46.1 Å². The van der Waals surface area contributed by atoms with Crippen LogP contribution >= 0.6 is 15.9 Å². The van der Waals surface area contributed by atoms with Gasteiger partial charge in [0, 0.05) is 18.0 Å². The van der Waals surface area contributed by atoms with Crippen LogP contribution in [0, 0.1) is 11.3 Å². The van der Waals surface area contributed by atoms with E-state index in [4.69, 9.17) is 4.74 Å². The standard InChI is InChI=1S/C13H24BrNO2/c1-13(2,3)11(6-7-14)15-12(16)10-5-4-8-17-9-10/h10-11H,4-9H2,1-3H3,(H,15,16). The van der Waals surface area contributed by atoms with Crippen LogP contribution in [0.25, 0.3) is 0 Å². The highest BCUT2D eigenvalue weighted by atomic mass is 79.9. The molecule has 1 N–H and O–H groups in total. The van der Waals surface area contributed by atoms with Gasteiger partial charge >= 0.3 is 0 Å². The second-order valence-electron chi connectivity index (χ2n) is 5.82. The quantitative estimate of drug-likeness (QED) is 0.811. The molecule has 1 saturated heterocycles. The Hall–Kier alpha value is -0.0900. The third-order valence-corrected chi connectivity index (χ3v) is 3.75. The van der Waals surface area contributed by atoms with E-state index in [0.717, 1.165) is 31.2 Å². The molecular formula is C13H24BrNO2. The van der Waals surface area contributed by atoms with E-state index in [2.05, 4.69) is 42.0 Å². The van der Waals surface area contributed by atoms with Crippen LogP contribution < -0.4 is 5.32 Å². The van der Waals surface area contributed by atoms with Gasteiger partial charge in [0.1, 0.15) is 0 Å². The lowest BCUT2D eigenvalue weighted by Crippen LogP contribution is -2.47. The number of hydrogen-bond acceptors (Lipinski definition) is 2. The van der Waals surface area contributed by atoms with Gasteiger partial charge in [-0.25, -0.2) is 0 Å². The maximum absolute atomic E-state index is 12.1. The molecule has 100 valence electrons. The number of nitrogens with one attached hydrogen (secondary N) is 1. The first-order chi connectivity index (χ1) is 7.95. The molecule has 1 amide bonds. The molecule has 0 aromatic rings. The van der Waals surface area contributed by atoms with E-state index < -0.39 is 0 Å². The van der Waals surface area contributed by atoms with Crippen LogP contribution in [0.1, 0.15) is 40.0 Å². The lowest BCUT2D eigenvalue weighted by Gasteiger charge is -2.33. The van der Waals surface area contributed by atoms with Crippen molar-refractivity contribution in [2.75, 3.05) is 18.5 Å². The highest BCUT2D eigenvalue weighted by Gasteiger charge is 2.29. The smallest absolute Gasteiger partial charge is 0.225 e. The van der Waals surface area contributed by atoms with Crippen LogP contribution in [0.15, 0.2) is 0 Å². The summed E-state index contributed by atoms with van der Waals surface area (Å²) in [6.07, 6.45) is 2.91. The molecule has 1 rings (SSSR count). The molecule has 0 spiro atoms. The molecule has 3 nitrogen and oxygen atoms in total. The van der Waals surface area contributed by atoms with Gasteiger partial charge < -0.3 is 10.1 Å². The fourth-order valence-electron chi connectivity index (χ4n) is 2.07. The molecule has 4 heteroatoms. The van der Waals surface area contributed by atoms with E-state index in [9.17, 15) is 4.79 Å². The van der Waals surface area contributed by atoms with Gasteiger partial charge in [0.15, 0.2) is 0 Å². The molecule has 0 aliphatic carbocycles. The predicted molar refractivity (Wildman–Crippen MR) is 73.3 cm³/mol. The van der Waals surface area contributed by atoms with Crippen LogP contribution in [0.2, 0.25) is 0 Å². The number of carbonyl (C=O) groups is 1. The summed E-state index contributed by atoms with van der Waals surface area (Å²) in [6, 6.07) is 0.219. The number of rotatable bonds is 4. The first-order valence-electron chi connectivity index (χ1n) is 6.39. The minimum atomic E-state index is 0.0453. The van der Waals surface area contributed by atoms with Crippen LogP contribution in [-0.4, -0.2) is 30.5 Å². The fourth-order valence-corrected chi connectivity index (χ4v) is 2.53. The Balaban J connectivity index is 2.51. The normalized spacial score (nSPS) is 23.2. The van der Waals surface area contributed by atoms with E-state index >= 15 is 0 Å². The van der Waals surface area contributed by atoms with Gasteiger partial charge in [-0.1, -0.05) is 36.7 Å². The van der Waals surface area contributed by atoms with Gasteiger partial charge in [0.05, 0.1) is 12.5 Å². The third kappa shape index (κ3) is 4.96. The average Bonchev–Trinajstić information content (AvgIpc) is 2.28. The van der Waals surface area contributed by atoms with Crippen molar-refractivity contribution >= 4 is 21.8 Å². The maximum atomic E-state index is 12.1. The molecule has 0 bridgehead atoms. The summed E-state index contributed by atoms with van der Waals surface area (Å²) in [5, 5.41) is 4.09. The number of alkyl halides is 1. The monoisotopic (exact) mass is 305 g/mol. The number of hydrogen-bond donors (Lipinski definition) is 1. The van der Waals surface area contributed by atoms with Crippen LogP contribution in [-0.2, 0) is 9.53 Å². The summed E-state index contributed by atoms with van der Waals surface area (Å²) in [5.41, 5.74) is 0.0962. The Morgan fingerprint density at radius 1 is 1.53 bits per heavy atom. The van der Waals surface area contributed by atoms with E-state index in [0.29, 0.717) is 6.61 Å². The van der Waals surface area contributed by atoms with Crippen molar-refractivity contribution in [2.24, 2.45) is 11.3 Å². The molecule has 1 fully saturated rings. The van der Waals surface area contributed by atoms with Gasteiger partial charge in [-0.05, 0) is 24.7 Å². The van der Waals surface area contributed by atoms with Crippen molar-refractivity contribution in [3.63, 3.8) is 0 Å². The molecule has 0 radical (unpaired) electrons. The van der Waals surface area contributed by atoms with Crippen molar-refractivity contribution < 1.29 is 9.53 Å². The first kappa shape index (κ1) is 15.0. The topological polar surface area (TPSA) is 38.3 Å². The maximum Gasteiger partial charge on any atom is 0.225 e.